The summed E-state index contributed by atoms with van der Waals surface area (Å²) >= 11 is 0. The monoisotopic (exact) mass is 424 g/mol. The van der Waals surface area contributed by atoms with Crippen LogP contribution < -0.4 is 10.1 Å². The van der Waals surface area contributed by atoms with Crippen molar-refractivity contribution >= 4 is 18.3 Å². The highest BCUT2D eigenvalue weighted by molar-refractivity contribution is 5.85. The molecule has 0 bridgehead atoms. The maximum absolute atomic E-state index is 12.5. The van der Waals surface area contributed by atoms with E-state index in [0.717, 1.165) is 44.5 Å². The number of benzene rings is 1. The van der Waals surface area contributed by atoms with Crippen molar-refractivity contribution < 1.29 is 27.8 Å². The Kier molecular flexibility index (Phi) is 10.1. The second-order valence-corrected chi connectivity index (χ2v) is 6.99. The molecule has 28 heavy (non-hydrogen) atoms. The summed E-state index contributed by atoms with van der Waals surface area (Å²) in [5.74, 6) is 0.778. The molecule has 1 saturated heterocycles. The van der Waals surface area contributed by atoms with Gasteiger partial charge in [0.1, 0.15) is 18.5 Å². The number of rotatable bonds is 8. The summed E-state index contributed by atoms with van der Waals surface area (Å²) in [6.07, 6.45) is -1.84. The molecule has 1 heterocycles. The van der Waals surface area contributed by atoms with Crippen LogP contribution in [0.5, 0.6) is 5.75 Å². The average Bonchev–Trinajstić information content (AvgIpc) is 2.65. The number of likely N-dealkylation sites (N-methyl/N-ethyl adjacent to an activating group) is 1. The van der Waals surface area contributed by atoms with Crippen molar-refractivity contribution in [3.63, 3.8) is 0 Å². The molecule has 5 nitrogen and oxygen atoms in total. The van der Waals surface area contributed by atoms with Gasteiger partial charge in [-0.15, -0.1) is 12.4 Å². The molecule has 0 aromatic heterocycles. The van der Waals surface area contributed by atoms with E-state index < -0.39 is 17.8 Å². The fraction of sp³-hybridized carbons (Fsp3) is 0.632. The molecule has 1 aromatic carbocycles. The molecule has 1 aliphatic rings. The number of hydrogen-bond acceptors (Lipinski definition) is 4. The minimum atomic E-state index is -4.39. The Morgan fingerprint density at radius 1 is 1.29 bits per heavy atom. The van der Waals surface area contributed by atoms with E-state index in [1.807, 2.05) is 0 Å². The van der Waals surface area contributed by atoms with Gasteiger partial charge in [0.2, 0.25) is 5.91 Å². The van der Waals surface area contributed by atoms with Gasteiger partial charge in [-0.2, -0.15) is 13.2 Å². The van der Waals surface area contributed by atoms with Crippen molar-refractivity contribution in [1.29, 1.82) is 0 Å². The van der Waals surface area contributed by atoms with Gasteiger partial charge in [-0.1, -0.05) is 0 Å². The number of amides is 1. The third-order valence-electron chi connectivity index (χ3n) is 4.76. The second-order valence-electron chi connectivity index (χ2n) is 6.99. The Balaban J connectivity index is 0.00000392. The van der Waals surface area contributed by atoms with E-state index in [2.05, 4.69) is 5.32 Å². The first kappa shape index (κ1) is 24.5. The third-order valence-corrected chi connectivity index (χ3v) is 4.76. The Hall–Kier alpha value is -1.51. The molecule has 160 valence electrons. The van der Waals surface area contributed by atoms with Gasteiger partial charge >= 0.3 is 6.18 Å². The Morgan fingerprint density at radius 3 is 2.46 bits per heavy atom. The zero-order valence-corrected chi connectivity index (χ0v) is 16.7. The number of halogens is 4. The second kappa shape index (κ2) is 11.5. The molecule has 1 amide bonds. The summed E-state index contributed by atoms with van der Waals surface area (Å²) in [6, 6.07) is 4.28. The minimum Gasteiger partial charge on any atom is -0.491 e. The summed E-state index contributed by atoms with van der Waals surface area (Å²) in [4.78, 5) is 13.7. The lowest BCUT2D eigenvalue weighted by atomic mass is 9.93. The molecule has 1 aromatic rings. The summed E-state index contributed by atoms with van der Waals surface area (Å²) in [5, 5.41) is 13.3. The number of aliphatic hydroxyl groups excluding tert-OH is 1. The highest BCUT2D eigenvalue weighted by atomic mass is 35.5. The van der Waals surface area contributed by atoms with E-state index in [-0.39, 0.29) is 37.2 Å². The van der Waals surface area contributed by atoms with Crippen LogP contribution in [-0.2, 0) is 11.0 Å². The molecule has 9 heteroatoms. The van der Waals surface area contributed by atoms with E-state index in [1.54, 1.807) is 7.05 Å². The van der Waals surface area contributed by atoms with E-state index >= 15 is 0 Å². The van der Waals surface area contributed by atoms with Crippen LogP contribution >= 0.6 is 12.4 Å². The molecule has 1 atom stereocenters. The highest BCUT2D eigenvalue weighted by Gasteiger charge is 2.30. The summed E-state index contributed by atoms with van der Waals surface area (Å²) < 4.78 is 42.8. The van der Waals surface area contributed by atoms with Crippen LogP contribution in [0.2, 0.25) is 0 Å². The Morgan fingerprint density at radius 2 is 1.89 bits per heavy atom. The quantitative estimate of drug-likeness (QED) is 0.673. The molecule has 0 saturated carbocycles. The molecular weight excluding hydrogens is 397 g/mol. The number of carbonyl (C=O) groups is 1. The van der Waals surface area contributed by atoms with E-state index in [0.29, 0.717) is 12.3 Å². The van der Waals surface area contributed by atoms with Gasteiger partial charge in [0.05, 0.1) is 5.56 Å². The fourth-order valence-corrected chi connectivity index (χ4v) is 3.09. The first-order chi connectivity index (χ1) is 12.8. The maximum Gasteiger partial charge on any atom is 0.416 e. The summed E-state index contributed by atoms with van der Waals surface area (Å²) in [6.45, 7) is 2.01. The van der Waals surface area contributed by atoms with Crippen LogP contribution in [0.25, 0.3) is 0 Å². The average molecular weight is 425 g/mol. The first-order valence-corrected chi connectivity index (χ1v) is 9.18. The van der Waals surface area contributed by atoms with Crippen molar-refractivity contribution in [3.05, 3.63) is 29.8 Å². The molecule has 2 N–H and O–H groups in total. The van der Waals surface area contributed by atoms with Gasteiger partial charge in [0.25, 0.3) is 0 Å². The normalized spacial score (nSPS) is 16.2. The van der Waals surface area contributed by atoms with Crippen molar-refractivity contribution in [3.8, 4) is 5.75 Å². The number of ether oxygens (including phenoxy) is 1. The molecule has 2 rings (SSSR count). The highest BCUT2D eigenvalue weighted by Crippen LogP contribution is 2.30. The number of nitrogens with one attached hydrogen (secondary N) is 1. The molecule has 1 unspecified atom stereocenters. The Bertz CT molecular complexity index is 593. The Labute approximate surface area is 169 Å². The minimum absolute atomic E-state index is 0. The van der Waals surface area contributed by atoms with Gasteiger partial charge in [-0.05, 0) is 62.5 Å². The molecule has 0 aliphatic carbocycles. The van der Waals surface area contributed by atoms with Gasteiger partial charge in [0.15, 0.2) is 0 Å². The number of aliphatic hydroxyl groups is 1. The molecule has 0 radical (unpaired) electrons. The van der Waals surface area contributed by atoms with E-state index in [9.17, 15) is 23.1 Å². The maximum atomic E-state index is 12.5. The number of alkyl halides is 3. The number of hydrogen-bond donors (Lipinski definition) is 2. The SMILES string of the molecule is CN(CC(O)COc1ccc(C(F)(F)F)cc1)C(=O)CCC1CCNCC1.Cl. The lowest BCUT2D eigenvalue weighted by Gasteiger charge is -2.24. The van der Waals surface area contributed by atoms with E-state index in [1.165, 1.54) is 17.0 Å². The fourth-order valence-electron chi connectivity index (χ4n) is 3.09. The molecular formula is C19H28ClF3N2O3. The van der Waals surface area contributed by atoms with E-state index in [4.69, 9.17) is 4.74 Å². The van der Waals surface area contributed by atoms with Crippen molar-refractivity contribution in [1.82, 2.24) is 10.2 Å². The predicted octanol–water partition coefficient (Wildman–Crippen LogP) is 3.11. The van der Waals surface area contributed by atoms with Gasteiger partial charge < -0.3 is 20.1 Å². The molecule has 1 fully saturated rings. The third kappa shape index (κ3) is 8.24. The van der Waals surface area contributed by atoms with Gasteiger partial charge in [0, 0.05) is 20.0 Å². The lowest BCUT2D eigenvalue weighted by Crippen LogP contribution is -2.37. The number of nitrogens with zero attached hydrogens (tertiary/aromatic N) is 1. The van der Waals surface area contributed by atoms with Crippen LogP contribution in [0.15, 0.2) is 24.3 Å². The van der Waals surface area contributed by atoms with Crippen molar-refractivity contribution in [2.24, 2.45) is 5.92 Å². The molecule has 0 spiro atoms. The van der Waals surface area contributed by atoms with Gasteiger partial charge in [-0.25, -0.2) is 0 Å². The van der Waals surface area contributed by atoms with Crippen LogP contribution in [-0.4, -0.2) is 55.3 Å². The largest absolute Gasteiger partial charge is 0.491 e. The zero-order valence-electron chi connectivity index (χ0n) is 15.9. The van der Waals surface area contributed by atoms with Gasteiger partial charge in [-0.3, -0.25) is 4.79 Å². The zero-order chi connectivity index (χ0) is 19.9. The summed E-state index contributed by atoms with van der Waals surface area (Å²) in [5.41, 5.74) is -0.755. The predicted molar refractivity (Wildman–Crippen MR) is 103 cm³/mol. The standard InChI is InChI=1S/C19H27F3N2O3.ClH/c1-24(18(26)7-2-14-8-10-23-11-9-14)12-16(25)13-27-17-5-3-15(4-6-17)19(20,21)22;/h3-6,14,16,23,25H,2,7-13H2,1H3;1H. The lowest BCUT2D eigenvalue weighted by molar-refractivity contribution is -0.137. The summed E-state index contributed by atoms with van der Waals surface area (Å²) in [7, 11) is 1.63. The van der Waals surface area contributed by atoms with Crippen LogP contribution in [0.3, 0.4) is 0 Å². The van der Waals surface area contributed by atoms with Crippen molar-refractivity contribution in [2.45, 2.75) is 38.0 Å². The number of carbonyl (C=O) groups excluding carboxylic acids is 1. The van der Waals surface area contributed by atoms with Crippen LogP contribution in [0, 0.1) is 5.92 Å². The topological polar surface area (TPSA) is 61.8 Å². The number of piperidine rings is 1. The first-order valence-electron chi connectivity index (χ1n) is 9.18. The van der Waals surface area contributed by atoms with Crippen molar-refractivity contribution in [2.75, 3.05) is 33.3 Å². The molecule has 1 aliphatic heterocycles. The smallest absolute Gasteiger partial charge is 0.416 e. The van der Waals surface area contributed by atoms with Crippen LogP contribution in [0.1, 0.15) is 31.2 Å². The van der Waals surface area contributed by atoms with Crippen LogP contribution in [0.4, 0.5) is 13.2 Å².